The molecule has 0 radical (unpaired) electrons. The van der Waals surface area contributed by atoms with Crippen molar-refractivity contribution in [3.8, 4) is 11.3 Å². The van der Waals surface area contributed by atoms with Crippen LogP contribution >= 0.6 is 0 Å². The molecule has 146 valence electrons. The number of halogens is 1. The van der Waals surface area contributed by atoms with Crippen LogP contribution in [0.2, 0.25) is 0 Å². The molecule has 1 aromatic heterocycles. The van der Waals surface area contributed by atoms with Gasteiger partial charge in [-0.25, -0.2) is 4.39 Å². The molecule has 0 aliphatic rings. The monoisotopic (exact) mass is 382 g/mol. The van der Waals surface area contributed by atoms with E-state index in [2.05, 4.69) is 10.3 Å². The lowest BCUT2D eigenvalue weighted by Crippen LogP contribution is -2.24. The lowest BCUT2D eigenvalue weighted by Gasteiger charge is -2.07. The van der Waals surface area contributed by atoms with Crippen molar-refractivity contribution in [2.45, 2.75) is 32.1 Å². The first-order valence-electron chi connectivity index (χ1n) is 9.38. The average Bonchev–Trinajstić information content (AvgIpc) is 3.05. The number of benzene rings is 2. The Morgan fingerprint density at radius 1 is 1.00 bits per heavy atom. The highest BCUT2D eigenvalue weighted by Crippen LogP contribution is 2.31. The average molecular weight is 382 g/mol. The number of aryl methyl sites for hydroxylation is 1. The summed E-state index contributed by atoms with van der Waals surface area (Å²) < 4.78 is 13.3. The van der Waals surface area contributed by atoms with Crippen LogP contribution in [0.15, 0.2) is 48.5 Å². The third-order valence-corrected chi connectivity index (χ3v) is 4.69. The number of carboxylic acids is 1. The highest BCUT2D eigenvalue weighted by atomic mass is 19.1. The molecule has 6 heteroatoms. The third-order valence-electron chi connectivity index (χ3n) is 4.69. The van der Waals surface area contributed by atoms with Gasteiger partial charge in [-0.1, -0.05) is 18.2 Å². The zero-order chi connectivity index (χ0) is 19.9. The minimum Gasteiger partial charge on any atom is -0.481 e. The van der Waals surface area contributed by atoms with E-state index in [-0.39, 0.29) is 18.1 Å². The van der Waals surface area contributed by atoms with Crippen molar-refractivity contribution >= 4 is 22.8 Å². The van der Waals surface area contributed by atoms with E-state index in [1.165, 1.54) is 12.1 Å². The number of carbonyl (C=O) groups is 2. The van der Waals surface area contributed by atoms with E-state index < -0.39 is 5.97 Å². The number of nitrogens with one attached hydrogen (secondary N) is 2. The molecular weight excluding hydrogens is 359 g/mol. The number of hydrogen-bond donors (Lipinski definition) is 3. The predicted molar refractivity (Wildman–Crippen MR) is 107 cm³/mol. The van der Waals surface area contributed by atoms with Gasteiger partial charge in [-0.3, -0.25) is 9.59 Å². The fourth-order valence-electron chi connectivity index (χ4n) is 3.28. The molecule has 0 unspecified atom stereocenters. The number of aromatic nitrogens is 1. The summed E-state index contributed by atoms with van der Waals surface area (Å²) in [5, 5.41) is 12.5. The molecule has 0 atom stereocenters. The van der Waals surface area contributed by atoms with Gasteiger partial charge < -0.3 is 15.4 Å². The number of amides is 1. The number of rotatable bonds is 9. The van der Waals surface area contributed by atoms with Crippen molar-refractivity contribution in [2.24, 2.45) is 0 Å². The van der Waals surface area contributed by atoms with E-state index in [4.69, 9.17) is 5.11 Å². The van der Waals surface area contributed by atoms with Crippen molar-refractivity contribution in [1.82, 2.24) is 10.3 Å². The second kappa shape index (κ2) is 9.17. The van der Waals surface area contributed by atoms with Gasteiger partial charge in [-0.2, -0.15) is 0 Å². The maximum absolute atomic E-state index is 13.3. The van der Waals surface area contributed by atoms with Gasteiger partial charge >= 0.3 is 5.97 Å². The molecule has 0 saturated heterocycles. The van der Waals surface area contributed by atoms with Crippen LogP contribution in [0.5, 0.6) is 0 Å². The van der Waals surface area contributed by atoms with Gasteiger partial charge in [0.1, 0.15) is 5.82 Å². The molecule has 1 amide bonds. The molecule has 3 N–H and O–H groups in total. The molecule has 0 bridgehead atoms. The minimum absolute atomic E-state index is 0.0642. The number of unbranched alkanes of at least 4 members (excludes halogenated alkanes) is 1. The lowest BCUT2D eigenvalue weighted by molar-refractivity contribution is -0.137. The van der Waals surface area contributed by atoms with E-state index in [9.17, 15) is 14.0 Å². The second-order valence-electron chi connectivity index (χ2n) is 6.73. The van der Waals surface area contributed by atoms with Crippen molar-refractivity contribution in [2.75, 3.05) is 6.54 Å². The van der Waals surface area contributed by atoms with Crippen LogP contribution in [0.3, 0.4) is 0 Å². The Morgan fingerprint density at radius 3 is 2.50 bits per heavy atom. The number of fused-ring (bicyclic) bond motifs is 1. The largest absolute Gasteiger partial charge is 0.481 e. The molecule has 0 aliphatic heterocycles. The van der Waals surface area contributed by atoms with E-state index in [0.717, 1.165) is 27.7 Å². The molecular formula is C22H23FN2O3. The van der Waals surface area contributed by atoms with Crippen LogP contribution < -0.4 is 5.32 Å². The van der Waals surface area contributed by atoms with Gasteiger partial charge in [-0.15, -0.1) is 0 Å². The highest BCUT2D eigenvalue weighted by molar-refractivity contribution is 5.91. The molecule has 0 spiro atoms. The summed E-state index contributed by atoms with van der Waals surface area (Å²) in [6.45, 7) is 0.477. The normalized spacial score (nSPS) is 10.9. The molecule has 0 saturated carbocycles. The van der Waals surface area contributed by atoms with Crippen molar-refractivity contribution in [1.29, 1.82) is 0 Å². The third kappa shape index (κ3) is 4.97. The van der Waals surface area contributed by atoms with Crippen molar-refractivity contribution in [3.05, 3.63) is 59.9 Å². The van der Waals surface area contributed by atoms with Gasteiger partial charge in [0, 0.05) is 36.0 Å². The summed E-state index contributed by atoms with van der Waals surface area (Å²) >= 11 is 0. The van der Waals surface area contributed by atoms with Gasteiger partial charge in [0.2, 0.25) is 5.91 Å². The standard InChI is InChI=1S/C22H23FN2O3/c23-16-10-8-15(9-11-16)22-18(17-5-1-2-6-19(17)25-22)12-13-20(26)24-14-4-3-7-21(27)28/h1-2,5-6,8-11,25H,3-4,7,12-14H2,(H,24,26)(H,27,28). The van der Waals surface area contributed by atoms with Crippen molar-refractivity contribution in [3.63, 3.8) is 0 Å². The number of carboxylic acid groups (broad SMARTS) is 1. The topological polar surface area (TPSA) is 82.2 Å². The Hall–Kier alpha value is -3.15. The Balaban J connectivity index is 1.68. The summed E-state index contributed by atoms with van der Waals surface area (Å²) in [5.41, 5.74) is 3.78. The molecule has 0 fully saturated rings. The van der Waals surface area contributed by atoms with Gasteiger partial charge in [0.25, 0.3) is 0 Å². The van der Waals surface area contributed by atoms with E-state index in [0.29, 0.717) is 32.2 Å². The van der Waals surface area contributed by atoms with E-state index in [1.54, 1.807) is 12.1 Å². The Morgan fingerprint density at radius 2 is 1.75 bits per heavy atom. The molecule has 3 rings (SSSR count). The van der Waals surface area contributed by atoms with Crippen LogP contribution in [-0.4, -0.2) is 28.5 Å². The number of carbonyl (C=O) groups excluding carboxylic acids is 1. The zero-order valence-electron chi connectivity index (χ0n) is 15.5. The molecule has 1 heterocycles. The predicted octanol–water partition coefficient (Wildman–Crippen LogP) is 4.28. The Kier molecular flexibility index (Phi) is 6.42. The number of aliphatic carboxylic acids is 1. The second-order valence-corrected chi connectivity index (χ2v) is 6.73. The molecule has 0 aliphatic carbocycles. The lowest BCUT2D eigenvalue weighted by atomic mass is 10.0. The fraction of sp³-hybridized carbons (Fsp3) is 0.273. The highest BCUT2D eigenvalue weighted by Gasteiger charge is 2.14. The van der Waals surface area contributed by atoms with Gasteiger partial charge in [0.05, 0.1) is 0 Å². The summed E-state index contributed by atoms with van der Waals surface area (Å²) in [4.78, 5) is 26.1. The SMILES string of the molecule is O=C(O)CCCCNC(=O)CCc1c(-c2ccc(F)cc2)[nH]c2ccccc12. The van der Waals surface area contributed by atoms with Gasteiger partial charge in [-0.05, 0) is 60.7 Å². The quantitative estimate of drug-likeness (QED) is 0.483. The number of aromatic amines is 1. The molecule has 2 aromatic carbocycles. The first-order chi connectivity index (χ1) is 13.5. The van der Waals surface area contributed by atoms with Crippen LogP contribution in [0.1, 0.15) is 31.2 Å². The van der Waals surface area contributed by atoms with Crippen LogP contribution in [0.25, 0.3) is 22.2 Å². The minimum atomic E-state index is -0.820. The molecule has 5 nitrogen and oxygen atoms in total. The molecule has 28 heavy (non-hydrogen) atoms. The number of para-hydroxylation sites is 1. The summed E-state index contributed by atoms with van der Waals surface area (Å²) in [5.74, 6) is -1.17. The molecule has 3 aromatic rings. The van der Waals surface area contributed by atoms with Crippen LogP contribution in [0.4, 0.5) is 4.39 Å². The van der Waals surface area contributed by atoms with Gasteiger partial charge in [0.15, 0.2) is 0 Å². The number of hydrogen-bond acceptors (Lipinski definition) is 2. The fourth-order valence-corrected chi connectivity index (χ4v) is 3.28. The first kappa shape index (κ1) is 19.6. The zero-order valence-corrected chi connectivity index (χ0v) is 15.5. The van der Waals surface area contributed by atoms with E-state index >= 15 is 0 Å². The summed E-state index contributed by atoms with van der Waals surface area (Å²) in [7, 11) is 0. The summed E-state index contributed by atoms with van der Waals surface area (Å²) in [6.07, 6.45) is 2.19. The maximum atomic E-state index is 13.3. The van der Waals surface area contributed by atoms with Crippen molar-refractivity contribution < 1.29 is 19.1 Å². The number of H-pyrrole nitrogens is 1. The van der Waals surface area contributed by atoms with Crippen LogP contribution in [-0.2, 0) is 16.0 Å². The maximum Gasteiger partial charge on any atom is 0.303 e. The smallest absolute Gasteiger partial charge is 0.303 e. The Labute approximate surface area is 162 Å². The van der Waals surface area contributed by atoms with Crippen LogP contribution in [0, 0.1) is 5.82 Å². The Bertz CT molecular complexity index is 964. The summed E-state index contributed by atoms with van der Waals surface area (Å²) in [6, 6.07) is 14.2. The first-order valence-corrected chi connectivity index (χ1v) is 9.38. The van der Waals surface area contributed by atoms with E-state index in [1.807, 2.05) is 24.3 Å².